The molecule has 1 amide bonds. The van der Waals surface area contributed by atoms with E-state index in [0.717, 1.165) is 36.4 Å². The molecule has 0 radical (unpaired) electrons. The van der Waals surface area contributed by atoms with Gasteiger partial charge in [-0.2, -0.15) is 0 Å². The molecule has 0 N–H and O–H groups in total. The SMILES string of the molecule is Cc1ccc(-n2nnc(C(=O)N(Cc3cccnc3)CC3CCCO3)c2C)cc1. The van der Waals surface area contributed by atoms with Gasteiger partial charge in [-0.05, 0) is 50.5 Å². The van der Waals surface area contributed by atoms with Crippen molar-refractivity contribution >= 4 is 5.91 Å². The highest BCUT2D eigenvalue weighted by molar-refractivity contribution is 5.93. The summed E-state index contributed by atoms with van der Waals surface area (Å²) in [5, 5.41) is 8.45. The largest absolute Gasteiger partial charge is 0.376 e. The van der Waals surface area contributed by atoms with Gasteiger partial charge in [0.15, 0.2) is 5.69 Å². The number of ether oxygens (including phenoxy) is 1. The summed E-state index contributed by atoms with van der Waals surface area (Å²) in [5.74, 6) is -0.139. The third-order valence-corrected chi connectivity index (χ3v) is 5.21. The van der Waals surface area contributed by atoms with Gasteiger partial charge in [0.2, 0.25) is 0 Å². The Labute approximate surface area is 170 Å². The number of hydrogen-bond acceptors (Lipinski definition) is 5. The molecule has 29 heavy (non-hydrogen) atoms. The van der Waals surface area contributed by atoms with E-state index in [4.69, 9.17) is 4.74 Å². The third kappa shape index (κ3) is 4.35. The number of aromatic nitrogens is 4. The van der Waals surface area contributed by atoms with Crippen molar-refractivity contribution in [2.45, 2.75) is 39.3 Å². The van der Waals surface area contributed by atoms with Crippen LogP contribution >= 0.6 is 0 Å². The lowest BCUT2D eigenvalue weighted by molar-refractivity contribution is 0.0502. The number of carbonyl (C=O) groups is 1. The molecule has 1 aromatic carbocycles. The lowest BCUT2D eigenvalue weighted by Crippen LogP contribution is -2.37. The molecule has 0 spiro atoms. The van der Waals surface area contributed by atoms with E-state index in [2.05, 4.69) is 15.3 Å². The maximum atomic E-state index is 13.4. The smallest absolute Gasteiger partial charge is 0.276 e. The number of nitrogens with zero attached hydrogens (tertiary/aromatic N) is 5. The highest BCUT2D eigenvalue weighted by Gasteiger charge is 2.27. The van der Waals surface area contributed by atoms with Gasteiger partial charge in [0.25, 0.3) is 5.91 Å². The highest BCUT2D eigenvalue weighted by atomic mass is 16.5. The monoisotopic (exact) mass is 391 g/mol. The maximum absolute atomic E-state index is 13.4. The van der Waals surface area contributed by atoms with Crippen molar-refractivity contribution in [1.29, 1.82) is 0 Å². The number of carbonyl (C=O) groups excluding carboxylic acids is 1. The van der Waals surface area contributed by atoms with E-state index in [9.17, 15) is 4.79 Å². The van der Waals surface area contributed by atoms with E-state index >= 15 is 0 Å². The average molecular weight is 391 g/mol. The molecular weight excluding hydrogens is 366 g/mol. The first-order valence-electron chi connectivity index (χ1n) is 9.91. The molecule has 1 aliphatic rings. The first-order chi connectivity index (χ1) is 14.1. The minimum absolute atomic E-state index is 0.0584. The predicted molar refractivity (Wildman–Crippen MR) is 109 cm³/mol. The van der Waals surface area contributed by atoms with Gasteiger partial charge in [-0.15, -0.1) is 5.10 Å². The molecule has 3 heterocycles. The normalized spacial score (nSPS) is 16.1. The number of rotatable bonds is 6. The fourth-order valence-electron chi connectivity index (χ4n) is 3.57. The van der Waals surface area contributed by atoms with Gasteiger partial charge in [-0.25, -0.2) is 4.68 Å². The van der Waals surface area contributed by atoms with Crippen molar-refractivity contribution < 1.29 is 9.53 Å². The quantitative estimate of drug-likeness (QED) is 0.646. The minimum atomic E-state index is -0.139. The van der Waals surface area contributed by atoms with Gasteiger partial charge in [0.05, 0.1) is 17.5 Å². The Hall–Kier alpha value is -3.06. The van der Waals surface area contributed by atoms with Crippen LogP contribution in [0.25, 0.3) is 5.69 Å². The molecule has 0 saturated carbocycles. The molecule has 150 valence electrons. The summed E-state index contributed by atoms with van der Waals surface area (Å²) < 4.78 is 7.48. The average Bonchev–Trinajstić information content (AvgIpc) is 3.38. The molecule has 1 fully saturated rings. The standard InChI is InChI=1S/C22H25N5O2/c1-16-7-9-19(10-8-16)27-17(2)21(24-25-27)22(28)26(15-20-6-4-12-29-20)14-18-5-3-11-23-13-18/h3,5,7-11,13,20H,4,6,12,14-15H2,1-2H3. The number of benzene rings is 1. The lowest BCUT2D eigenvalue weighted by atomic mass is 10.2. The Morgan fingerprint density at radius 2 is 2.07 bits per heavy atom. The third-order valence-electron chi connectivity index (χ3n) is 5.21. The van der Waals surface area contributed by atoms with Gasteiger partial charge in [-0.3, -0.25) is 9.78 Å². The number of hydrogen-bond donors (Lipinski definition) is 0. The second-order valence-corrected chi connectivity index (χ2v) is 7.45. The second kappa shape index (κ2) is 8.53. The van der Waals surface area contributed by atoms with Crippen molar-refractivity contribution in [3.63, 3.8) is 0 Å². The van der Waals surface area contributed by atoms with Crippen molar-refractivity contribution in [2.75, 3.05) is 13.2 Å². The second-order valence-electron chi connectivity index (χ2n) is 7.45. The summed E-state index contributed by atoms with van der Waals surface area (Å²) >= 11 is 0. The van der Waals surface area contributed by atoms with Crippen molar-refractivity contribution in [2.24, 2.45) is 0 Å². The summed E-state index contributed by atoms with van der Waals surface area (Å²) in [6.45, 7) is 5.66. The Kier molecular flexibility index (Phi) is 5.67. The molecular formula is C22H25N5O2. The molecule has 7 nitrogen and oxygen atoms in total. The molecule has 0 bridgehead atoms. The van der Waals surface area contributed by atoms with Crippen molar-refractivity contribution in [1.82, 2.24) is 24.9 Å². The van der Waals surface area contributed by atoms with Crippen molar-refractivity contribution in [3.05, 3.63) is 71.3 Å². The summed E-state index contributed by atoms with van der Waals surface area (Å²) in [6.07, 6.45) is 5.57. The molecule has 4 rings (SSSR count). The summed E-state index contributed by atoms with van der Waals surface area (Å²) in [5.41, 5.74) is 4.12. The molecule has 3 aromatic rings. The van der Waals surface area contributed by atoms with Crippen LogP contribution in [0.4, 0.5) is 0 Å². The first kappa shape index (κ1) is 19.3. The van der Waals surface area contributed by atoms with Crippen LogP contribution in [0.3, 0.4) is 0 Å². The number of amides is 1. The molecule has 1 aliphatic heterocycles. The first-order valence-corrected chi connectivity index (χ1v) is 9.91. The predicted octanol–water partition coefficient (Wildman–Crippen LogP) is 3.10. The molecule has 1 unspecified atom stereocenters. The lowest BCUT2D eigenvalue weighted by Gasteiger charge is -2.25. The van der Waals surface area contributed by atoms with Gasteiger partial charge in [0.1, 0.15) is 0 Å². The van der Waals surface area contributed by atoms with Crippen LogP contribution in [0.15, 0.2) is 48.8 Å². The van der Waals surface area contributed by atoms with E-state index < -0.39 is 0 Å². The highest BCUT2D eigenvalue weighted by Crippen LogP contribution is 2.19. The number of pyridine rings is 1. The zero-order valence-electron chi connectivity index (χ0n) is 16.8. The Morgan fingerprint density at radius 1 is 1.24 bits per heavy atom. The van der Waals surface area contributed by atoms with Crippen LogP contribution in [-0.4, -0.2) is 50.0 Å². The van der Waals surface area contributed by atoms with Gasteiger partial charge in [-0.1, -0.05) is 29.0 Å². The van der Waals surface area contributed by atoms with Crippen LogP contribution < -0.4 is 0 Å². The fourth-order valence-corrected chi connectivity index (χ4v) is 3.57. The molecule has 0 aliphatic carbocycles. The Morgan fingerprint density at radius 3 is 2.76 bits per heavy atom. The molecule has 2 aromatic heterocycles. The van der Waals surface area contributed by atoms with Crippen LogP contribution in [0.2, 0.25) is 0 Å². The minimum Gasteiger partial charge on any atom is -0.376 e. The van der Waals surface area contributed by atoms with Gasteiger partial charge in [0, 0.05) is 32.1 Å². The van der Waals surface area contributed by atoms with Crippen LogP contribution in [0.5, 0.6) is 0 Å². The Balaban J connectivity index is 1.60. The molecule has 1 saturated heterocycles. The topological polar surface area (TPSA) is 73.1 Å². The Bertz CT molecular complexity index is 963. The van der Waals surface area contributed by atoms with Gasteiger partial charge >= 0.3 is 0 Å². The summed E-state index contributed by atoms with van der Waals surface area (Å²) in [6, 6.07) is 11.8. The van der Waals surface area contributed by atoms with E-state index in [1.54, 1.807) is 22.0 Å². The fraction of sp³-hybridized carbons (Fsp3) is 0.364. The van der Waals surface area contributed by atoms with Crippen molar-refractivity contribution in [3.8, 4) is 5.69 Å². The molecule has 7 heteroatoms. The number of aryl methyl sites for hydroxylation is 1. The van der Waals surface area contributed by atoms with E-state index in [1.807, 2.05) is 50.2 Å². The maximum Gasteiger partial charge on any atom is 0.276 e. The van der Waals surface area contributed by atoms with E-state index in [0.29, 0.717) is 18.8 Å². The van der Waals surface area contributed by atoms with E-state index in [1.165, 1.54) is 5.56 Å². The summed E-state index contributed by atoms with van der Waals surface area (Å²) in [7, 11) is 0. The zero-order valence-corrected chi connectivity index (χ0v) is 16.8. The van der Waals surface area contributed by atoms with Gasteiger partial charge < -0.3 is 9.64 Å². The zero-order chi connectivity index (χ0) is 20.2. The summed E-state index contributed by atoms with van der Waals surface area (Å²) in [4.78, 5) is 19.4. The van der Waals surface area contributed by atoms with Crippen LogP contribution in [0.1, 0.15) is 40.2 Å². The van der Waals surface area contributed by atoms with Crippen LogP contribution in [-0.2, 0) is 11.3 Å². The molecule has 1 atom stereocenters. The van der Waals surface area contributed by atoms with Crippen LogP contribution in [0, 0.1) is 13.8 Å². The van der Waals surface area contributed by atoms with E-state index in [-0.39, 0.29) is 12.0 Å².